The largest absolute Gasteiger partial charge is 1.00 e. The molecule has 26 nitrogen and oxygen atoms in total. The first-order chi connectivity index (χ1) is 37.8. The maximum absolute atomic E-state index is 14.5. The molecule has 466 valence electrons. The number of aliphatic hydroxyl groups excluding tert-OH is 10. The maximum atomic E-state index is 14.5. The van der Waals surface area contributed by atoms with E-state index in [1.54, 1.807) is 0 Å². The van der Waals surface area contributed by atoms with Gasteiger partial charge in [-0.15, -0.1) is 0 Å². The van der Waals surface area contributed by atoms with Crippen LogP contribution in [-0.2, 0) is 66.7 Å². The molecule has 4 aliphatic carbocycles. The molecule has 0 radical (unpaired) electrons. The molecule has 0 aromatic rings. The molecule has 0 bridgehead atoms. The Morgan fingerprint density at radius 1 is 0.720 bits per heavy atom. The molecule has 11 N–H and O–H groups in total. The van der Waals surface area contributed by atoms with Gasteiger partial charge in [0.1, 0.15) is 102 Å². The van der Waals surface area contributed by atoms with E-state index in [2.05, 4.69) is 25.0 Å². The first-order valence-corrected chi connectivity index (χ1v) is 29.8. The van der Waals surface area contributed by atoms with Gasteiger partial charge < -0.3 is 108 Å². The number of ether oxygens (including phenoxy) is 10. The minimum Gasteiger partial charge on any atom is -0.726 e. The van der Waals surface area contributed by atoms with Crippen LogP contribution in [0.15, 0.2) is 11.6 Å². The Morgan fingerprint density at radius 3 is 1.90 bits per heavy atom. The first kappa shape index (κ1) is 67.2. The summed E-state index contributed by atoms with van der Waals surface area (Å²) in [7, 11) is -4.26. The zero-order valence-corrected chi connectivity index (χ0v) is 51.2. The van der Waals surface area contributed by atoms with Gasteiger partial charge in [-0.1, -0.05) is 59.6 Å². The third-order valence-electron chi connectivity index (χ3n) is 20.8. The Morgan fingerprint density at radius 2 is 1.30 bits per heavy atom. The van der Waals surface area contributed by atoms with Crippen molar-refractivity contribution in [1.82, 2.24) is 0 Å². The van der Waals surface area contributed by atoms with Crippen molar-refractivity contribution in [2.24, 2.45) is 39.4 Å². The second-order valence-electron chi connectivity index (χ2n) is 26.0. The van der Waals surface area contributed by atoms with Gasteiger partial charge in [0.25, 0.3) is 0 Å². The van der Waals surface area contributed by atoms with Crippen LogP contribution in [0.3, 0.4) is 0 Å². The number of rotatable bonds is 17. The Bertz CT molecular complexity index is 2390. The van der Waals surface area contributed by atoms with E-state index in [1.165, 1.54) is 14.0 Å². The van der Waals surface area contributed by atoms with E-state index in [4.69, 9.17) is 47.4 Å². The van der Waals surface area contributed by atoms with Crippen molar-refractivity contribution in [1.29, 1.82) is 0 Å². The van der Waals surface area contributed by atoms with Crippen molar-refractivity contribution in [2.75, 3.05) is 26.9 Å². The summed E-state index contributed by atoms with van der Waals surface area (Å²) in [5, 5.41) is 124. The molecular weight excluding hydrogens is 1120 g/mol. The predicted molar refractivity (Wildman–Crippen MR) is 272 cm³/mol. The summed E-state index contributed by atoms with van der Waals surface area (Å²) in [5.41, 5.74) is -5.47. The molecule has 13 unspecified atom stereocenters. The molecule has 0 aromatic heterocycles. The SMILES string of the molecule is COC1C(O)[C@H](OC2C(O)[C@H](O[C@@H]3C(C)O[C@@H](OC4C(O)[C@H](OS(=O)(=O)[O-])CO[C@H]4O[C@H]4CC[C@]5(C)C6=C[C@H](O)C78C(=O)O[C@@](C)(CCCC(C)C)[C@@]7(O)CC[C@@]8(C)[C@@H]6CCC5C4(C)C)C(O)C3O)OC(CO)[C@H]2O)OC(CO)[C@H]1O.[Na+]. The van der Waals surface area contributed by atoms with Gasteiger partial charge in [-0.05, 0) is 99.2 Å². The molecule has 82 heavy (non-hydrogen) atoms. The van der Waals surface area contributed by atoms with Crippen LogP contribution in [0.4, 0.5) is 0 Å². The van der Waals surface area contributed by atoms with Gasteiger partial charge in [0.2, 0.25) is 10.4 Å². The van der Waals surface area contributed by atoms with Gasteiger partial charge >= 0.3 is 35.5 Å². The molecule has 28 heteroatoms. The average molecular weight is 1210 g/mol. The molecule has 3 saturated carbocycles. The topological polar surface area (TPSA) is 398 Å². The fraction of sp³-hybridized carbons (Fsp3) is 0.944. The van der Waals surface area contributed by atoms with Crippen LogP contribution >= 0.6 is 0 Å². The van der Waals surface area contributed by atoms with Crippen molar-refractivity contribution < 1.29 is 155 Å². The zero-order valence-electron chi connectivity index (χ0n) is 48.4. The number of carbonyl (C=O) groups excluding carboxylic acids is 1. The van der Waals surface area contributed by atoms with Gasteiger partial charge in [-0.2, -0.15) is 0 Å². The Hall–Kier alpha value is -0.720. The second kappa shape index (κ2) is 24.6. The zero-order chi connectivity index (χ0) is 59.5. The summed E-state index contributed by atoms with van der Waals surface area (Å²) in [5.74, 6) is -0.449. The first-order valence-electron chi connectivity index (χ1n) is 28.5. The smallest absolute Gasteiger partial charge is 0.726 e. The summed E-state index contributed by atoms with van der Waals surface area (Å²) in [6.07, 6.45) is -27.6. The third-order valence-corrected chi connectivity index (χ3v) is 21.3. The Balaban J connectivity index is 0.00000880. The van der Waals surface area contributed by atoms with E-state index in [0.29, 0.717) is 44.4 Å². The van der Waals surface area contributed by atoms with Crippen molar-refractivity contribution >= 4 is 16.4 Å². The number of esters is 1. The standard InChI is InChI=1S/C54H88O26S.Na/c1-23(2)11-10-15-52(8)53(66)18-17-51(7)25-12-13-30-49(4,5)32(14-16-50(30,6)26(25)19-31(57)54(51,53)48(65)79-52)75-47-43(35(60)29(22-71-47)80-81(67,68)69)78-44-37(62)36(61)40(24(3)72-44)76-46-39(64)42(34(59)28(21-56)74-46)77-45-38(63)41(70-9)33(58)27(20-55)73-45;/h19,23-25,27-47,55-64,66H,10-18,20-22H2,1-9H3,(H,67,68,69);/q;+1/p-1/t24?,25-,27?,28?,29-,30?,31+,32+,33-,34-,35?,36?,37?,38?,39?,40-,41?,42?,43?,44+,45+,46+,47+,50-,51+,52+,53+,54?;/m1./s1. The van der Waals surface area contributed by atoms with Crippen molar-refractivity contribution in [3.63, 3.8) is 0 Å². The van der Waals surface area contributed by atoms with E-state index in [1.807, 2.05) is 33.8 Å². The number of cyclic esters (lactones) is 1. The molecule has 9 aliphatic rings. The number of hydrogen-bond donors (Lipinski definition) is 11. The fourth-order valence-electron chi connectivity index (χ4n) is 16.4. The van der Waals surface area contributed by atoms with Crippen LogP contribution in [0.25, 0.3) is 0 Å². The van der Waals surface area contributed by atoms with Crippen molar-refractivity contribution in [3.05, 3.63) is 11.6 Å². The quantitative estimate of drug-likeness (QED) is 0.0163. The van der Waals surface area contributed by atoms with Crippen LogP contribution in [0, 0.1) is 39.4 Å². The molecule has 0 amide bonds. The summed E-state index contributed by atoms with van der Waals surface area (Å²) in [4.78, 5) is 14.5. The van der Waals surface area contributed by atoms with Crippen LogP contribution in [-0.4, -0.2) is 242 Å². The van der Waals surface area contributed by atoms with Crippen LogP contribution in [0.5, 0.6) is 0 Å². The molecule has 0 aromatic carbocycles. The number of allylic oxidation sites excluding steroid dienone is 1. The molecule has 5 saturated heterocycles. The Labute approximate surface area is 500 Å². The molecule has 1 spiro atoms. The van der Waals surface area contributed by atoms with E-state index in [0.717, 1.165) is 18.4 Å². The minimum absolute atomic E-state index is 0. The number of methoxy groups -OCH3 is 1. The number of hydrogen-bond acceptors (Lipinski definition) is 26. The van der Waals surface area contributed by atoms with Crippen LogP contribution < -0.4 is 29.6 Å². The molecule has 9 rings (SSSR count). The molecule has 8 fully saturated rings. The summed E-state index contributed by atoms with van der Waals surface area (Å²) in [6, 6.07) is 0. The van der Waals surface area contributed by atoms with E-state index in [-0.39, 0.29) is 47.8 Å². The van der Waals surface area contributed by atoms with Gasteiger partial charge in [0.05, 0.1) is 38.1 Å². The average Bonchev–Trinajstić information content (AvgIpc) is 1.54. The molecule has 5 aliphatic heterocycles. The van der Waals surface area contributed by atoms with E-state index >= 15 is 0 Å². The molecule has 28 atom stereocenters. The predicted octanol–water partition coefficient (Wildman–Crippen LogP) is -4.73. The summed E-state index contributed by atoms with van der Waals surface area (Å²) >= 11 is 0. The number of aliphatic hydroxyl groups is 11. The summed E-state index contributed by atoms with van der Waals surface area (Å²) in [6.45, 7) is 13.4. The monoisotopic (exact) mass is 1210 g/mol. The third kappa shape index (κ3) is 11.0. The van der Waals surface area contributed by atoms with Crippen molar-refractivity contribution in [2.45, 2.75) is 253 Å². The second-order valence-corrected chi connectivity index (χ2v) is 27.0. The number of carbonyl (C=O) groups is 1. The van der Waals surface area contributed by atoms with Gasteiger partial charge in [0, 0.05) is 7.11 Å². The molecule has 5 heterocycles. The molecular formula is C54H87NaO26S. The fourth-order valence-corrected chi connectivity index (χ4v) is 16.9. The van der Waals surface area contributed by atoms with Gasteiger partial charge in [-0.25, -0.2) is 8.42 Å². The van der Waals surface area contributed by atoms with Gasteiger partial charge in [-0.3, -0.25) is 8.98 Å². The minimum atomic E-state index is -5.44. The summed E-state index contributed by atoms with van der Waals surface area (Å²) < 4.78 is 99.7. The maximum Gasteiger partial charge on any atom is 1.00 e. The Kier molecular flexibility index (Phi) is 20.1. The van der Waals surface area contributed by atoms with Crippen LogP contribution in [0.1, 0.15) is 113 Å². The van der Waals surface area contributed by atoms with E-state index < -0.39 is 198 Å². The van der Waals surface area contributed by atoms with Crippen LogP contribution in [0.2, 0.25) is 0 Å². The normalized spacial score (nSPS) is 51.0. The van der Waals surface area contributed by atoms with Gasteiger partial charge in [0.15, 0.2) is 25.2 Å². The number of fused-ring (bicyclic) bond motifs is 4. The van der Waals surface area contributed by atoms with Crippen molar-refractivity contribution in [3.8, 4) is 0 Å². The van der Waals surface area contributed by atoms with E-state index in [9.17, 15) is 73.9 Å².